The third kappa shape index (κ3) is 2.12. The molecule has 0 amide bonds. The summed E-state index contributed by atoms with van der Waals surface area (Å²) in [6, 6.07) is 5.86. The van der Waals surface area contributed by atoms with Crippen LogP contribution in [0.4, 0.5) is 0 Å². The molecule has 0 atom stereocenters. The fraction of sp³-hybridized carbons (Fsp3) is 0.214. The lowest BCUT2D eigenvalue weighted by molar-refractivity contribution is 0.353. The number of nitrogens with one attached hydrogen (secondary N) is 1. The fourth-order valence-electron chi connectivity index (χ4n) is 2.19. The van der Waals surface area contributed by atoms with Crippen LogP contribution in [0.3, 0.4) is 0 Å². The Balaban J connectivity index is 2.20. The number of H-pyrrole nitrogens is 1. The summed E-state index contributed by atoms with van der Waals surface area (Å²) in [6.45, 7) is 0. The Kier molecular flexibility index (Phi) is 3.09. The van der Waals surface area contributed by atoms with Crippen LogP contribution in [0, 0.1) is 0 Å². The molecule has 0 radical (unpaired) electrons. The first-order chi connectivity index (χ1) is 10.1. The van der Waals surface area contributed by atoms with E-state index in [9.17, 15) is 4.79 Å². The normalized spacial score (nSPS) is 10.8. The molecule has 0 fully saturated rings. The molecule has 7 nitrogen and oxygen atoms in total. The maximum atomic E-state index is 11.6. The minimum Gasteiger partial charge on any atom is -0.480 e. The Labute approximate surface area is 120 Å². The van der Waals surface area contributed by atoms with E-state index in [-0.39, 0.29) is 11.7 Å². The van der Waals surface area contributed by atoms with Crippen LogP contribution in [0.5, 0.6) is 11.9 Å². The average molecular weight is 286 g/mol. The van der Waals surface area contributed by atoms with Crippen molar-refractivity contribution in [3.05, 3.63) is 34.9 Å². The molecular weight excluding hydrogens is 272 g/mol. The van der Waals surface area contributed by atoms with Gasteiger partial charge in [-0.3, -0.25) is 4.57 Å². The van der Waals surface area contributed by atoms with Gasteiger partial charge in [0.05, 0.1) is 30.8 Å². The van der Waals surface area contributed by atoms with Gasteiger partial charge in [0.15, 0.2) is 0 Å². The molecule has 1 aromatic carbocycles. The standard InChI is InChI=1S/C14H14N4O3/c1-18-11-6-8(4-5-10(11)16-14(18)19)9-7-15-13(21-3)17-12(9)20-2/h4-7H,1-3H3,(H,16,19). The van der Waals surface area contributed by atoms with Crippen LogP contribution in [0.25, 0.3) is 22.2 Å². The zero-order chi connectivity index (χ0) is 15.0. The van der Waals surface area contributed by atoms with Gasteiger partial charge in [-0.25, -0.2) is 9.78 Å². The quantitative estimate of drug-likeness (QED) is 0.785. The Hall–Kier alpha value is -2.83. The van der Waals surface area contributed by atoms with Crippen LogP contribution >= 0.6 is 0 Å². The molecule has 0 spiro atoms. The molecule has 0 aliphatic heterocycles. The molecule has 0 saturated carbocycles. The second kappa shape index (κ2) is 4.93. The number of rotatable bonds is 3. The highest BCUT2D eigenvalue weighted by molar-refractivity contribution is 5.83. The van der Waals surface area contributed by atoms with Gasteiger partial charge >= 0.3 is 11.7 Å². The van der Waals surface area contributed by atoms with Crippen LogP contribution in [-0.2, 0) is 7.05 Å². The highest BCUT2D eigenvalue weighted by atomic mass is 16.5. The molecule has 0 saturated heterocycles. The molecule has 3 rings (SSSR count). The topological polar surface area (TPSA) is 82.0 Å². The molecule has 3 aromatic rings. The monoisotopic (exact) mass is 286 g/mol. The number of methoxy groups -OCH3 is 2. The summed E-state index contributed by atoms with van der Waals surface area (Å²) >= 11 is 0. The number of fused-ring (bicyclic) bond motifs is 1. The smallest absolute Gasteiger partial charge is 0.326 e. The number of aromatic nitrogens is 4. The van der Waals surface area contributed by atoms with E-state index in [1.54, 1.807) is 17.8 Å². The van der Waals surface area contributed by atoms with E-state index >= 15 is 0 Å². The van der Waals surface area contributed by atoms with Crippen molar-refractivity contribution in [1.82, 2.24) is 19.5 Å². The molecular formula is C14H14N4O3. The second-order valence-corrected chi connectivity index (χ2v) is 4.50. The summed E-state index contributed by atoms with van der Waals surface area (Å²) in [6.07, 6.45) is 1.64. The van der Waals surface area contributed by atoms with Crippen molar-refractivity contribution in [2.45, 2.75) is 0 Å². The van der Waals surface area contributed by atoms with Crippen LogP contribution < -0.4 is 15.2 Å². The molecule has 21 heavy (non-hydrogen) atoms. The van der Waals surface area contributed by atoms with Crippen molar-refractivity contribution >= 4 is 11.0 Å². The average Bonchev–Trinajstić information content (AvgIpc) is 2.81. The van der Waals surface area contributed by atoms with Crippen LogP contribution in [-0.4, -0.2) is 33.7 Å². The number of ether oxygens (including phenoxy) is 2. The lowest BCUT2D eigenvalue weighted by Gasteiger charge is -2.08. The van der Waals surface area contributed by atoms with E-state index in [4.69, 9.17) is 9.47 Å². The molecule has 0 aliphatic rings. The largest absolute Gasteiger partial charge is 0.480 e. The maximum Gasteiger partial charge on any atom is 0.326 e. The first-order valence-corrected chi connectivity index (χ1v) is 6.28. The second-order valence-electron chi connectivity index (χ2n) is 4.50. The molecule has 1 N–H and O–H groups in total. The Morgan fingerprint density at radius 2 is 2.05 bits per heavy atom. The van der Waals surface area contributed by atoms with E-state index < -0.39 is 0 Å². The van der Waals surface area contributed by atoms with Crippen LogP contribution in [0.15, 0.2) is 29.2 Å². The minimum atomic E-state index is -0.153. The Bertz CT molecular complexity index is 866. The lowest BCUT2D eigenvalue weighted by Crippen LogP contribution is -2.11. The van der Waals surface area contributed by atoms with E-state index in [1.165, 1.54) is 14.2 Å². The van der Waals surface area contributed by atoms with Gasteiger partial charge in [0.1, 0.15) is 0 Å². The maximum absolute atomic E-state index is 11.6. The van der Waals surface area contributed by atoms with Crippen molar-refractivity contribution in [2.24, 2.45) is 7.05 Å². The van der Waals surface area contributed by atoms with Crippen molar-refractivity contribution in [2.75, 3.05) is 14.2 Å². The van der Waals surface area contributed by atoms with E-state index in [1.807, 2.05) is 18.2 Å². The summed E-state index contributed by atoms with van der Waals surface area (Å²) in [5, 5.41) is 0. The van der Waals surface area contributed by atoms with Gasteiger partial charge in [0.25, 0.3) is 0 Å². The molecule has 7 heteroatoms. The molecule has 108 valence electrons. The van der Waals surface area contributed by atoms with Gasteiger partial charge in [-0.2, -0.15) is 4.98 Å². The molecule has 2 heterocycles. The van der Waals surface area contributed by atoms with Gasteiger partial charge in [-0.15, -0.1) is 0 Å². The number of imidazole rings is 1. The number of aromatic amines is 1. The minimum absolute atomic E-state index is 0.153. The van der Waals surface area contributed by atoms with Crippen LogP contribution in [0.1, 0.15) is 0 Å². The summed E-state index contributed by atoms with van der Waals surface area (Å²) in [5.74, 6) is 0.418. The zero-order valence-corrected chi connectivity index (χ0v) is 11.9. The Morgan fingerprint density at radius 1 is 1.24 bits per heavy atom. The van der Waals surface area contributed by atoms with Crippen LogP contribution in [0.2, 0.25) is 0 Å². The summed E-state index contributed by atoms with van der Waals surface area (Å²) in [7, 11) is 4.75. The van der Waals surface area contributed by atoms with Crippen molar-refractivity contribution in [3.8, 4) is 23.0 Å². The number of benzene rings is 1. The summed E-state index contributed by atoms with van der Waals surface area (Å²) in [5.41, 5.74) is 3.01. The number of hydrogen-bond donors (Lipinski definition) is 1. The van der Waals surface area contributed by atoms with Gasteiger partial charge in [-0.1, -0.05) is 6.07 Å². The fourth-order valence-corrected chi connectivity index (χ4v) is 2.19. The highest BCUT2D eigenvalue weighted by Crippen LogP contribution is 2.30. The first-order valence-electron chi connectivity index (χ1n) is 6.28. The van der Waals surface area contributed by atoms with Crippen molar-refractivity contribution in [1.29, 1.82) is 0 Å². The molecule has 0 aliphatic carbocycles. The molecule has 0 bridgehead atoms. The third-order valence-corrected chi connectivity index (χ3v) is 3.32. The van der Waals surface area contributed by atoms with Crippen molar-refractivity contribution < 1.29 is 9.47 Å². The predicted octanol–water partition coefficient (Wildman–Crippen LogP) is 1.34. The van der Waals surface area contributed by atoms with E-state index in [2.05, 4.69) is 15.0 Å². The number of nitrogens with zero attached hydrogens (tertiary/aromatic N) is 3. The van der Waals surface area contributed by atoms with Gasteiger partial charge < -0.3 is 14.5 Å². The third-order valence-electron chi connectivity index (χ3n) is 3.32. The number of aryl methyl sites for hydroxylation is 1. The first kappa shape index (κ1) is 13.2. The zero-order valence-electron chi connectivity index (χ0n) is 11.9. The van der Waals surface area contributed by atoms with Gasteiger partial charge in [0.2, 0.25) is 5.88 Å². The number of hydrogen-bond acceptors (Lipinski definition) is 5. The molecule has 2 aromatic heterocycles. The molecule has 0 unspecified atom stereocenters. The van der Waals surface area contributed by atoms with Gasteiger partial charge in [-0.05, 0) is 17.7 Å². The predicted molar refractivity (Wildman–Crippen MR) is 77.7 cm³/mol. The Morgan fingerprint density at radius 3 is 2.76 bits per heavy atom. The SMILES string of the molecule is COc1ncc(-c2ccc3[nH]c(=O)n(C)c3c2)c(OC)n1. The van der Waals surface area contributed by atoms with E-state index in [0.717, 1.165) is 22.2 Å². The van der Waals surface area contributed by atoms with E-state index in [0.29, 0.717) is 5.88 Å². The lowest BCUT2D eigenvalue weighted by atomic mass is 10.1. The highest BCUT2D eigenvalue weighted by Gasteiger charge is 2.12. The van der Waals surface area contributed by atoms with Crippen molar-refractivity contribution in [3.63, 3.8) is 0 Å². The van der Waals surface area contributed by atoms with Gasteiger partial charge in [0, 0.05) is 13.2 Å². The summed E-state index contributed by atoms with van der Waals surface area (Å²) < 4.78 is 11.8. The summed E-state index contributed by atoms with van der Waals surface area (Å²) in [4.78, 5) is 22.7.